The van der Waals surface area contributed by atoms with Gasteiger partial charge in [-0.15, -0.1) is 13.2 Å². The van der Waals surface area contributed by atoms with E-state index in [-0.39, 0.29) is 17.3 Å². The average molecular weight is 564 g/mol. The van der Waals surface area contributed by atoms with E-state index in [1.54, 1.807) is 24.7 Å². The van der Waals surface area contributed by atoms with Crippen molar-refractivity contribution in [3.05, 3.63) is 121 Å². The maximum Gasteiger partial charge on any atom is 0.573 e. The van der Waals surface area contributed by atoms with E-state index in [9.17, 15) is 13.2 Å². The minimum Gasteiger partial charge on any atom is -0.404 e. The molecule has 1 aliphatic heterocycles. The number of nitrogens with zero attached hydrogens (tertiary/aromatic N) is 3. The fraction of sp³-hybridized carbons (Fsp3) is 0.200. The van der Waals surface area contributed by atoms with Gasteiger partial charge in [0.15, 0.2) is 5.75 Å². The molecule has 5 N–H and O–H groups in total. The van der Waals surface area contributed by atoms with Crippen molar-refractivity contribution in [2.45, 2.75) is 25.9 Å². The molecule has 1 aromatic heterocycles. The second kappa shape index (κ2) is 13.6. The summed E-state index contributed by atoms with van der Waals surface area (Å²) in [7, 11) is 0. The summed E-state index contributed by atoms with van der Waals surface area (Å²) in [4.78, 5) is 10.8. The molecule has 4 rings (SSSR count). The van der Waals surface area contributed by atoms with Crippen molar-refractivity contribution in [2.24, 2.45) is 10.7 Å². The summed E-state index contributed by atoms with van der Waals surface area (Å²) >= 11 is 0. The predicted octanol–water partition coefficient (Wildman–Crippen LogP) is 5.32. The Morgan fingerprint density at radius 1 is 0.976 bits per heavy atom. The SMILES string of the molecule is C=C(NC1=NC=C(c2ccc(CN(CCCN)Cc3ccncc3)cc2)C(=C)N1)Nc1ccccc1OC(F)(F)F. The largest absolute Gasteiger partial charge is 0.573 e. The number of alkyl halides is 3. The minimum atomic E-state index is -4.82. The number of aliphatic imine (C=N–C) groups is 1. The maximum absolute atomic E-state index is 12.7. The molecule has 214 valence electrons. The highest BCUT2D eigenvalue weighted by atomic mass is 19.4. The van der Waals surface area contributed by atoms with E-state index in [1.807, 2.05) is 24.3 Å². The monoisotopic (exact) mass is 563 g/mol. The lowest BCUT2D eigenvalue weighted by atomic mass is 10.0. The summed E-state index contributed by atoms with van der Waals surface area (Å²) in [6.45, 7) is 11.0. The van der Waals surface area contributed by atoms with Crippen LogP contribution in [0.3, 0.4) is 0 Å². The number of guanidine groups is 1. The third kappa shape index (κ3) is 8.95. The van der Waals surface area contributed by atoms with E-state index in [2.05, 4.69) is 60.9 Å². The molecule has 0 spiro atoms. The van der Waals surface area contributed by atoms with Crippen LogP contribution in [-0.2, 0) is 13.1 Å². The summed E-state index contributed by atoms with van der Waals surface area (Å²) in [5, 5.41) is 8.74. The van der Waals surface area contributed by atoms with Gasteiger partial charge in [-0.1, -0.05) is 49.6 Å². The van der Waals surface area contributed by atoms with Gasteiger partial charge in [0.05, 0.1) is 5.69 Å². The van der Waals surface area contributed by atoms with Gasteiger partial charge in [0.25, 0.3) is 0 Å². The molecule has 0 aliphatic carbocycles. The maximum atomic E-state index is 12.7. The van der Waals surface area contributed by atoms with Gasteiger partial charge in [-0.25, -0.2) is 4.99 Å². The lowest BCUT2D eigenvalue weighted by Gasteiger charge is -2.23. The number of hydrogen-bond donors (Lipinski definition) is 4. The van der Waals surface area contributed by atoms with Crippen molar-refractivity contribution in [1.82, 2.24) is 20.5 Å². The molecular weight excluding hydrogens is 531 g/mol. The van der Waals surface area contributed by atoms with Crippen molar-refractivity contribution in [1.29, 1.82) is 0 Å². The Labute approximate surface area is 237 Å². The minimum absolute atomic E-state index is 0.0938. The van der Waals surface area contributed by atoms with Crippen molar-refractivity contribution in [3.63, 3.8) is 0 Å². The van der Waals surface area contributed by atoms with E-state index >= 15 is 0 Å². The Morgan fingerprint density at radius 3 is 2.32 bits per heavy atom. The van der Waals surface area contributed by atoms with Gasteiger partial charge < -0.3 is 26.4 Å². The lowest BCUT2D eigenvalue weighted by molar-refractivity contribution is -0.274. The van der Waals surface area contributed by atoms with E-state index in [1.165, 1.54) is 23.8 Å². The number of nitrogens with two attached hydrogens (primary N) is 1. The Hall–Kier alpha value is -4.61. The molecule has 8 nitrogen and oxygen atoms in total. The van der Waals surface area contributed by atoms with Gasteiger partial charge in [0, 0.05) is 49.5 Å². The Kier molecular flexibility index (Phi) is 9.77. The van der Waals surface area contributed by atoms with Gasteiger partial charge in [0.2, 0.25) is 5.96 Å². The van der Waals surface area contributed by atoms with E-state index in [0.29, 0.717) is 18.2 Å². The Morgan fingerprint density at radius 2 is 1.66 bits per heavy atom. The summed E-state index contributed by atoms with van der Waals surface area (Å²) in [5.74, 6) is 0.125. The summed E-state index contributed by atoms with van der Waals surface area (Å²) in [5.41, 5.74) is 10.6. The highest BCUT2D eigenvalue weighted by Gasteiger charge is 2.32. The highest BCUT2D eigenvalue weighted by Crippen LogP contribution is 2.30. The summed E-state index contributed by atoms with van der Waals surface area (Å²) < 4.78 is 42.2. The van der Waals surface area contributed by atoms with Crippen molar-refractivity contribution in [2.75, 3.05) is 18.4 Å². The third-order valence-corrected chi connectivity index (χ3v) is 6.09. The van der Waals surface area contributed by atoms with Crippen LogP contribution in [0.4, 0.5) is 18.9 Å². The first-order valence-electron chi connectivity index (χ1n) is 12.9. The van der Waals surface area contributed by atoms with Crippen molar-refractivity contribution in [3.8, 4) is 5.75 Å². The van der Waals surface area contributed by atoms with Crippen LogP contribution >= 0.6 is 0 Å². The number of benzene rings is 2. The van der Waals surface area contributed by atoms with Crippen LogP contribution in [0.5, 0.6) is 5.75 Å². The fourth-order valence-electron chi connectivity index (χ4n) is 4.21. The summed E-state index contributed by atoms with van der Waals surface area (Å²) in [6, 6.07) is 17.9. The number of allylic oxidation sites excluding steroid dienone is 1. The molecule has 0 saturated heterocycles. The zero-order valence-electron chi connectivity index (χ0n) is 22.4. The number of hydrogen-bond acceptors (Lipinski definition) is 8. The first kappa shape index (κ1) is 29.4. The number of ether oxygens (including phenoxy) is 1. The number of pyridine rings is 1. The van der Waals surface area contributed by atoms with Gasteiger partial charge in [-0.2, -0.15) is 0 Å². The smallest absolute Gasteiger partial charge is 0.404 e. The number of rotatable bonds is 12. The molecule has 1 aliphatic rings. The first-order chi connectivity index (χ1) is 19.7. The standard InChI is InChI=1S/C30H32F3N7O/c1-21-26(18-36-29(37-21)39-22(2)38-27-6-3-4-7-28(27)41-30(31,32)33)25-10-8-23(9-11-25)19-40(17-5-14-34)20-24-12-15-35-16-13-24/h3-4,6-13,15-16,18,38H,1-2,5,14,17,19-20,34H2,(H2,36,37,39). The van der Waals surface area contributed by atoms with Crippen LogP contribution in [-0.4, -0.2) is 35.3 Å². The van der Waals surface area contributed by atoms with Gasteiger partial charge in [0.1, 0.15) is 5.82 Å². The van der Waals surface area contributed by atoms with E-state index < -0.39 is 6.36 Å². The number of anilines is 1. The van der Waals surface area contributed by atoms with Gasteiger partial charge in [-0.3, -0.25) is 9.88 Å². The molecule has 0 atom stereocenters. The first-order valence-corrected chi connectivity index (χ1v) is 12.9. The van der Waals surface area contributed by atoms with Gasteiger partial charge >= 0.3 is 6.36 Å². The average Bonchev–Trinajstić information content (AvgIpc) is 2.93. The molecule has 0 unspecified atom stereocenters. The highest BCUT2D eigenvalue weighted by molar-refractivity contribution is 5.93. The van der Waals surface area contributed by atoms with Crippen LogP contribution in [0, 0.1) is 0 Å². The molecule has 2 aromatic carbocycles. The molecule has 41 heavy (non-hydrogen) atoms. The number of aromatic nitrogens is 1. The van der Waals surface area contributed by atoms with Crippen LogP contribution in [0.1, 0.15) is 23.1 Å². The van der Waals surface area contributed by atoms with Crippen molar-refractivity contribution < 1.29 is 17.9 Å². The predicted molar refractivity (Wildman–Crippen MR) is 155 cm³/mol. The van der Waals surface area contributed by atoms with Crippen LogP contribution < -0.4 is 26.4 Å². The van der Waals surface area contributed by atoms with E-state index in [0.717, 1.165) is 42.8 Å². The zero-order valence-corrected chi connectivity index (χ0v) is 22.4. The Bertz CT molecular complexity index is 1400. The normalized spacial score (nSPS) is 13.2. The second-order valence-corrected chi connectivity index (χ2v) is 9.30. The molecule has 3 aromatic rings. The summed E-state index contributed by atoms with van der Waals surface area (Å²) in [6.07, 6.45) is 1.36. The van der Waals surface area contributed by atoms with Crippen molar-refractivity contribution >= 4 is 17.2 Å². The Balaban J connectivity index is 1.38. The van der Waals surface area contributed by atoms with Crippen LogP contribution in [0.2, 0.25) is 0 Å². The molecule has 0 bridgehead atoms. The van der Waals surface area contributed by atoms with Gasteiger partial charge in [-0.05, 0) is 53.9 Å². The number of nitrogens with one attached hydrogen (secondary N) is 3. The quantitative estimate of drug-likeness (QED) is 0.237. The number of para-hydroxylation sites is 2. The molecule has 2 heterocycles. The molecular formula is C30H32F3N7O. The molecule has 11 heteroatoms. The second-order valence-electron chi connectivity index (χ2n) is 9.30. The molecule has 0 saturated carbocycles. The molecule has 0 fully saturated rings. The van der Waals surface area contributed by atoms with E-state index in [4.69, 9.17) is 5.73 Å². The lowest BCUT2D eigenvalue weighted by Crippen LogP contribution is -2.39. The van der Waals surface area contributed by atoms with Crippen LogP contribution in [0.15, 0.2) is 109 Å². The fourth-order valence-corrected chi connectivity index (χ4v) is 4.21. The topological polar surface area (TPSA) is 99.8 Å². The molecule has 0 amide bonds. The number of halogens is 3. The molecule has 0 radical (unpaired) electrons. The zero-order chi connectivity index (χ0) is 29.2. The third-order valence-electron chi connectivity index (χ3n) is 6.09. The van der Waals surface area contributed by atoms with Crippen LogP contribution in [0.25, 0.3) is 5.57 Å².